The summed E-state index contributed by atoms with van der Waals surface area (Å²) in [4.78, 5) is 16.7. The van der Waals surface area contributed by atoms with Gasteiger partial charge in [-0.15, -0.1) is 0 Å². The zero-order valence-electron chi connectivity index (χ0n) is 12.4. The van der Waals surface area contributed by atoms with Gasteiger partial charge in [-0.2, -0.15) is 0 Å². The second kappa shape index (κ2) is 6.12. The number of carbonyl (C=O) groups is 1. The molecule has 1 atom stereocenters. The van der Waals surface area contributed by atoms with E-state index in [9.17, 15) is 4.79 Å². The third-order valence-electron chi connectivity index (χ3n) is 4.15. The minimum absolute atomic E-state index is 0.0460. The molecule has 21 heavy (non-hydrogen) atoms. The van der Waals surface area contributed by atoms with E-state index in [0.29, 0.717) is 6.54 Å². The lowest BCUT2D eigenvalue weighted by molar-refractivity contribution is -0.123. The van der Waals surface area contributed by atoms with Crippen molar-refractivity contribution in [2.24, 2.45) is 0 Å². The molecule has 1 aromatic heterocycles. The number of allylic oxidation sites excluding steroid dienone is 1. The lowest BCUT2D eigenvalue weighted by atomic mass is 10.00. The number of benzene rings is 1. The van der Waals surface area contributed by atoms with Crippen molar-refractivity contribution in [3.63, 3.8) is 0 Å². The van der Waals surface area contributed by atoms with Crippen molar-refractivity contribution in [1.29, 1.82) is 0 Å². The van der Waals surface area contributed by atoms with E-state index in [1.54, 1.807) is 6.33 Å². The summed E-state index contributed by atoms with van der Waals surface area (Å²) >= 11 is 0. The summed E-state index contributed by atoms with van der Waals surface area (Å²) in [6, 6.07) is 7.64. The zero-order valence-corrected chi connectivity index (χ0v) is 12.4. The number of imidazole rings is 1. The lowest BCUT2D eigenvalue weighted by Crippen LogP contribution is -2.32. The summed E-state index contributed by atoms with van der Waals surface area (Å²) in [6.45, 7) is 2.59. The van der Waals surface area contributed by atoms with Crippen molar-refractivity contribution in [2.75, 3.05) is 6.54 Å². The first kappa shape index (κ1) is 13.9. The van der Waals surface area contributed by atoms with E-state index >= 15 is 0 Å². The molecule has 1 heterocycles. The minimum Gasteiger partial charge on any atom is -0.351 e. The van der Waals surface area contributed by atoms with Gasteiger partial charge in [-0.25, -0.2) is 4.98 Å². The normalized spacial score (nSPS) is 16.5. The van der Waals surface area contributed by atoms with Crippen LogP contribution in [0.15, 0.2) is 42.2 Å². The Labute approximate surface area is 124 Å². The molecule has 1 aliphatic carbocycles. The Morgan fingerprint density at radius 3 is 3.05 bits per heavy atom. The fourth-order valence-electron chi connectivity index (χ4n) is 2.83. The summed E-state index contributed by atoms with van der Waals surface area (Å²) in [5.74, 6) is 0.0460. The van der Waals surface area contributed by atoms with E-state index in [4.69, 9.17) is 0 Å². The van der Waals surface area contributed by atoms with Crippen LogP contribution in [-0.2, 0) is 4.79 Å². The Morgan fingerprint density at radius 2 is 2.24 bits per heavy atom. The largest absolute Gasteiger partial charge is 0.351 e. The van der Waals surface area contributed by atoms with Gasteiger partial charge in [0.05, 0.1) is 17.4 Å². The number of hydrogen-bond acceptors (Lipinski definition) is 2. The molecular weight excluding hydrogens is 262 g/mol. The topological polar surface area (TPSA) is 46.9 Å². The predicted octanol–water partition coefficient (Wildman–Crippen LogP) is 3.21. The maximum absolute atomic E-state index is 12.3. The van der Waals surface area contributed by atoms with Gasteiger partial charge in [0.15, 0.2) is 0 Å². The van der Waals surface area contributed by atoms with Gasteiger partial charge in [0.25, 0.3) is 0 Å². The van der Waals surface area contributed by atoms with Crippen molar-refractivity contribution < 1.29 is 4.79 Å². The number of carbonyl (C=O) groups excluding carboxylic acids is 1. The quantitative estimate of drug-likeness (QED) is 0.876. The van der Waals surface area contributed by atoms with Gasteiger partial charge >= 0.3 is 0 Å². The van der Waals surface area contributed by atoms with Crippen LogP contribution in [0.3, 0.4) is 0 Å². The first-order valence-electron chi connectivity index (χ1n) is 7.63. The van der Waals surface area contributed by atoms with E-state index in [2.05, 4.69) is 16.4 Å². The molecule has 1 amide bonds. The van der Waals surface area contributed by atoms with Crippen LogP contribution in [0.4, 0.5) is 0 Å². The number of hydrogen-bond donors (Lipinski definition) is 1. The van der Waals surface area contributed by atoms with Gasteiger partial charge in [-0.05, 0) is 44.7 Å². The average Bonchev–Trinajstić information content (AvgIpc) is 2.97. The second-order valence-corrected chi connectivity index (χ2v) is 5.64. The lowest BCUT2D eigenvalue weighted by Gasteiger charge is -2.17. The van der Waals surface area contributed by atoms with E-state index in [0.717, 1.165) is 23.9 Å². The summed E-state index contributed by atoms with van der Waals surface area (Å²) < 4.78 is 1.93. The Bertz CT molecular complexity index is 671. The number of fused-ring (bicyclic) bond motifs is 1. The van der Waals surface area contributed by atoms with Gasteiger partial charge in [-0.1, -0.05) is 23.8 Å². The van der Waals surface area contributed by atoms with Gasteiger partial charge in [0, 0.05) is 6.54 Å². The fraction of sp³-hybridized carbons (Fsp3) is 0.412. The molecule has 1 N–H and O–H groups in total. The standard InChI is InChI=1S/C17H21N3O/c1-13(17(21)18-11-14-7-3-2-4-8-14)20-12-19-15-9-5-6-10-16(15)20/h5-7,9-10,12-13H,2-4,8,11H2,1H3,(H,18,21)/t13-/m1/s1. The van der Waals surface area contributed by atoms with Crippen molar-refractivity contribution in [2.45, 2.75) is 38.6 Å². The Hall–Kier alpha value is -2.10. The predicted molar refractivity (Wildman–Crippen MR) is 84.0 cm³/mol. The molecule has 0 radical (unpaired) electrons. The highest BCUT2D eigenvalue weighted by Crippen LogP contribution is 2.19. The zero-order chi connectivity index (χ0) is 14.7. The summed E-state index contributed by atoms with van der Waals surface area (Å²) in [7, 11) is 0. The van der Waals surface area contributed by atoms with Crippen molar-refractivity contribution in [1.82, 2.24) is 14.9 Å². The maximum atomic E-state index is 12.3. The number of nitrogens with one attached hydrogen (secondary N) is 1. The van der Waals surface area contributed by atoms with Crippen LogP contribution in [0.5, 0.6) is 0 Å². The van der Waals surface area contributed by atoms with E-state index in [-0.39, 0.29) is 11.9 Å². The van der Waals surface area contributed by atoms with Gasteiger partial charge in [0.2, 0.25) is 5.91 Å². The summed E-state index contributed by atoms with van der Waals surface area (Å²) in [5.41, 5.74) is 3.28. The van der Waals surface area contributed by atoms with Gasteiger partial charge in [-0.3, -0.25) is 4.79 Å². The van der Waals surface area contributed by atoms with Crippen LogP contribution in [-0.4, -0.2) is 22.0 Å². The van der Waals surface area contributed by atoms with E-state index < -0.39 is 0 Å². The van der Waals surface area contributed by atoms with Gasteiger partial charge < -0.3 is 9.88 Å². The molecule has 4 nitrogen and oxygen atoms in total. The van der Waals surface area contributed by atoms with Crippen LogP contribution in [0.25, 0.3) is 11.0 Å². The molecule has 2 aromatic rings. The van der Waals surface area contributed by atoms with E-state index in [1.165, 1.54) is 18.4 Å². The highest BCUT2D eigenvalue weighted by atomic mass is 16.2. The van der Waals surface area contributed by atoms with Crippen LogP contribution in [0.2, 0.25) is 0 Å². The van der Waals surface area contributed by atoms with Crippen molar-refractivity contribution in [3.8, 4) is 0 Å². The maximum Gasteiger partial charge on any atom is 0.243 e. The second-order valence-electron chi connectivity index (χ2n) is 5.64. The molecule has 1 aliphatic rings. The average molecular weight is 283 g/mol. The number of aromatic nitrogens is 2. The molecular formula is C17H21N3O. The molecule has 4 heteroatoms. The number of nitrogens with zero attached hydrogens (tertiary/aromatic N) is 2. The first-order chi connectivity index (χ1) is 10.3. The van der Waals surface area contributed by atoms with Crippen LogP contribution < -0.4 is 5.32 Å². The molecule has 0 unspecified atom stereocenters. The molecule has 0 fully saturated rings. The SMILES string of the molecule is C[C@H](C(=O)NCC1=CCCCC1)n1cnc2ccccc21. The number of rotatable bonds is 4. The van der Waals surface area contributed by atoms with Crippen molar-refractivity contribution >= 4 is 16.9 Å². The molecule has 110 valence electrons. The van der Waals surface area contributed by atoms with Crippen LogP contribution in [0, 0.1) is 0 Å². The molecule has 0 spiro atoms. The van der Waals surface area contributed by atoms with Crippen LogP contribution >= 0.6 is 0 Å². The Balaban J connectivity index is 1.68. The Kier molecular flexibility index (Phi) is 4.04. The molecule has 0 saturated heterocycles. The third kappa shape index (κ3) is 2.99. The molecule has 0 saturated carbocycles. The van der Waals surface area contributed by atoms with Crippen molar-refractivity contribution in [3.05, 3.63) is 42.2 Å². The van der Waals surface area contributed by atoms with Crippen LogP contribution in [0.1, 0.15) is 38.6 Å². The fourth-order valence-corrected chi connectivity index (χ4v) is 2.83. The number of para-hydroxylation sites is 2. The summed E-state index contributed by atoms with van der Waals surface area (Å²) in [5, 5.41) is 3.05. The van der Waals surface area contributed by atoms with Gasteiger partial charge in [0.1, 0.15) is 6.04 Å². The molecule has 3 rings (SSSR count). The highest BCUT2D eigenvalue weighted by Gasteiger charge is 2.17. The Morgan fingerprint density at radius 1 is 1.38 bits per heavy atom. The highest BCUT2D eigenvalue weighted by molar-refractivity contribution is 5.83. The molecule has 1 aromatic carbocycles. The van der Waals surface area contributed by atoms with E-state index in [1.807, 2.05) is 35.8 Å². The smallest absolute Gasteiger partial charge is 0.243 e. The number of amides is 1. The molecule has 0 bridgehead atoms. The monoisotopic (exact) mass is 283 g/mol. The minimum atomic E-state index is -0.249. The third-order valence-corrected chi connectivity index (χ3v) is 4.15. The molecule has 0 aliphatic heterocycles. The first-order valence-corrected chi connectivity index (χ1v) is 7.63. The summed E-state index contributed by atoms with van der Waals surface area (Å²) in [6.07, 6.45) is 8.78.